The molecule has 8 heteroatoms. The molecule has 0 bridgehead atoms. The third kappa shape index (κ3) is 3.58. The van der Waals surface area contributed by atoms with Crippen molar-refractivity contribution >= 4 is 33.3 Å². The van der Waals surface area contributed by atoms with Crippen LogP contribution in [0.1, 0.15) is 64.1 Å². The number of hydrogen-bond donors (Lipinski definition) is 0. The minimum Gasteiger partial charge on any atom is -0.494 e. The van der Waals surface area contributed by atoms with Crippen molar-refractivity contribution in [1.82, 2.24) is 10.2 Å². The van der Waals surface area contributed by atoms with Gasteiger partial charge in [-0.25, -0.2) is 0 Å². The van der Waals surface area contributed by atoms with Gasteiger partial charge in [-0.05, 0) is 67.6 Å². The molecule has 4 aromatic rings. The fourth-order valence-electron chi connectivity index (χ4n) is 4.22. The van der Waals surface area contributed by atoms with Crippen LogP contribution in [0.25, 0.3) is 11.0 Å². The molecule has 174 valence electrons. The van der Waals surface area contributed by atoms with Crippen molar-refractivity contribution in [3.05, 3.63) is 79.6 Å². The number of hydrogen-bond acceptors (Lipinski definition) is 7. The van der Waals surface area contributed by atoms with Crippen LogP contribution in [-0.2, 0) is 6.42 Å². The largest absolute Gasteiger partial charge is 0.494 e. The maximum absolute atomic E-state index is 13.8. The molecule has 2 aromatic heterocycles. The molecule has 0 saturated heterocycles. The monoisotopic (exact) mass is 475 g/mol. The van der Waals surface area contributed by atoms with Gasteiger partial charge in [-0.15, -0.1) is 10.2 Å². The van der Waals surface area contributed by atoms with Gasteiger partial charge in [-0.2, -0.15) is 0 Å². The van der Waals surface area contributed by atoms with Crippen LogP contribution in [0.15, 0.2) is 45.6 Å². The molecule has 0 N–H and O–H groups in total. The fraction of sp³-hybridized carbons (Fsp3) is 0.308. The first-order valence-corrected chi connectivity index (χ1v) is 12.2. The minimum atomic E-state index is -0.687. The van der Waals surface area contributed by atoms with E-state index in [0.29, 0.717) is 40.4 Å². The van der Waals surface area contributed by atoms with E-state index < -0.39 is 11.9 Å². The molecule has 1 amide bonds. The summed E-state index contributed by atoms with van der Waals surface area (Å²) < 4.78 is 11.9. The maximum Gasteiger partial charge on any atom is 0.297 e. The first-order chi connectivity index (χ1) is 16.4. The van der Waals surface area contributed by atoms with Crippen LogP contribution < -0.4 is 15.1 Å². The summed E-state index contributed by atoms with van der Waals surface area (Å²) in [6, 6.07) is 10.5. The Morgan fingerprint density at radius 1 is 1.09 bits per heavy atom. The number of rotatable bonds is 6. The van der Waals surface area contributed by atoms with Gasteiger partial charge in [-0.3, -0.25) is 14.5 Å². The molecule has 34 heavy (non-hydrogen) atoms. The van der Waals surface area contributed by atoms with Crippen molar-refractivity contribution < 1.29 is 13.9 Å². The number of ether oxygens (including phenoxy) is 1. The van der Waals surface area contributed by atoms with Crippen molar-refractivity contribution in [3.8, 4) is 5.75 Å². The second-order valence-corrected chi connectivity index (χ2v) is 9.48. The van der Waals surface area contributed by atoms with E-state index in [0.717, 1.165) is 28.1 Å². The van der Waals surface area contributed by atoms with E-state index in [1.807, 2.05) is 64.1 Å². The number of benzene rings is 2. The maximum atomic E-state index is 13.8. The summed E-state index contributed by atoms with van der Waals surface area (Å²) in [7, 11) is 0. The van der Waals surface area contributed by atoms with Crippen molar-refractivity contribution in [2.75, 3.05) is 11.5 Å². The molecule has 0 spiro atoms. The van der Waals surface area contributed by atoms with Crippen molar-refractivity contribution in [3.63, 3.8) is 0 Å². The van der Waals surface area contributed by atoms with Crippen molar-refractivity contribution in [2.24, 2.45) is 0 Å². The normalized spacial score (nSPS) is 15.2. The molecule has 1 aliphatic rings. The third-order valence-electron chi connectivity index (χ3n) is 6.10. The number of anilines is 1. The summed E-state index contributed by atoms with van der Waals surface area (Å²) in [5.41, 5.74) is 3.26. The zero-order valence-electron chi connectivity index (χ0n) is 19.5. The number of aryl methyl sites for hydroxylation is 3. The van der Waals surface area contributed by atoms with E-state index in [1.165, 1.54) is 16.2 Å². The zero-order chi connectivity index (χ0) is 24.0. The number of carbonyl (C=O) groups excluding carboxylic acids is 1. The second kappa shape index (κ2) is 8.68. The fourth-order valence-corrected chi connectivity index (χ4v) is 5.03. The average molecular weight is 476 g/mol. The van der Waals surface area contributed by atoms with E-state index in [1.54, 1.807) is 0 Å². The number of amides is 1. The highest BCUT2D eigenvalue weighted by molar-refractivity contribution is 7.15. The minimum absolute atomic E-state index is 0.0545. The molecule has 2 aromatic carbocycles. The number of aromatic nitrogens is 2. The molecule has 0 saturated carbocycles. The Kier molecular flexibility index (Phi) is 5.69. The highest BCUT2D eigenvalue weighted by Gasteiger charge is 2.45. The predicted molar refractivity (Wildman–Crippen MR) is 132 cm³/mol. The Balaban J connectivity index is 1.76. The molecule has 5 rings (SSSR count). The van der Waals surface area contributed by atoms with Gasteiger partial charge < -0.3 is 9.15 Å². The molecule has 1 unspecified atom stereocenters. The van der Waals surface area contributed by atoms with Crippen LogP contribution in [0.2, 0.25) is 0 Å². The van der Waals surface area contributed by atoms with Gasteiger partial charge in [0.2, 0.25) is 10.9 Å². The Morgan fingerprint density at radius 2 is 1.88 bits per heavy atom. The smallest absolute Gasteiger partial charge is 0.297 e. The SMILES string of the molecule is CCCOc1cccc(C2c3c(oc4cc(C)c(C)cc4c3=O)C(=O)N2c2nnc(CC)s2)c1. The third-order valence-corrected chi connectivity index (χ3v) is 7.16. The quantitative estimate of drug-likeness (QED) is 0.373. The molecule has 0 radical (unpaired) electrons. The van der Waals surface area contributed by atoms with Gasteiger partial charge in [0.25, 0.3) is 5.91 Å². The van der Waals surface area contributed by atoms with E-state index in [9.17, 15) is 9.59 Å². The molecule has 7 nitrogen and oxygen atoms in total. The summed E-state index contributed by atoms with van der Waals surface area (Å²) >= 11 is 1.34. The standard InChI is InChI=1S/C26H25N3O4S/c1-5-10-32-17-9-7-8-16(13-17)22-21-23(30)18-11-14(3)15(4)12-19(18)33-24(21)25(31)29(22)26-28-27-20(6-2)34-26/h7-9,11-13,22H,5-6,10H2,1-4H3. The Hall–Kier alpha value is -3.52. The lowest BCUT2D eigenvalue weighted by molar-refractivity contribution is 0.0970. The molecule has 0 aliphatic carbocycles. The number of nitrogens with zero attached hydrogens (tertiary/aromatic N) is 3. The Morgan fingerprint density at radius 3 is 2.62 bits per heavy atom. The molecule has 1 atom stereocenters. The van der Waals surface area contributed by atoms with E-state index in [-0.39, 0.29) is 11.2 Å². The van der Waals surface area contributed by atoms with Crippen LogP contribution in [0.5, 0.6) is 5.75 Å². The second-order valence-electron chi connectivity index (χ2n) is 8.44. The molecular weight excluding hydrogens is 450 g/mol. The summed E-state index contributed by atoms with van der Waals surface area (Å²) in [6.07, 6.45) is 1.58. The van der Waals surface area contributed by atoms with E-state index in [2.05, 4.69) is 10.2 Å². The van der Waals surface area contributed by atoms with Crippen LogP contribution in [0, 0.1) is 13.8 Å². The lowest BCUT2D eigenvalue weighted by Gasteiger charge is -2.22. The van der Waals surface area contributed by atoms with Gasteiger partial charge in [0, 0.05) is 0 Å². The van der Waals surface area contributed by atoms with Gasteiger partial charge in [0.05, 0.1) is 23.6 Å². The van der Waals surface area contributed by atoms with E-state index in [4.69, 9.17) is 9.15 Å². The van der Waals surface area contributed by atoms with Gasteiger partial charge in [-0.1, -0.05) is 37.3 Å². The first-order valence-electron chi connectivity index (χ1n) is 11.4. The first kappa shape index (κ1) is 22.3. The highest BCUT2D eigenvalue weighted by atomic mass is 32.1. The van der Waals surface area contributed by atoms with Gasteiger partial charge in [0.15, 0.2) is 5.43 Å². The van der Waals surface area contributed by atoms with Gasteiger partial charge >= 0.3 is 0 Å². The lowest BCUT2D eigenvalue weighted by Crippen LogP contribution is -2.29. The molecule has 3 heterocycles. The Labute approximate surface area is 201 Å². The van der Waals surface area contributed by atoms with Crippen molar-refractivity contribution in [1.29, 1.82) is 0 Å². The summed E-state index contributed by atoms with van der Waals surface area (Å²) in [6.45, 7) is 8.51. The van der Waals surface area contributed by atoms with Crippen LogP contribution in [0.3, 0.4) is 0 Å². The number of carbonyl (C=O) groups is 1. The van der Waals surface area contributed by atoms with E-state index >= 15 is 0 Å². The van der Waals surface area contributed by atoms with Crippen LogP contribution >= 0.6 is 11.3 Å². The average Bonchev–Trinajstić information content (AvgIpc) is 3.42. The van der Waals surface area contributed by atoms with Crippen molar-refractivity contribution in [2.45, 2.75) is 46.6 Å². The Bertz CT molecular complexity index is 1470. The summed E-state index contributed by atoms with van der Waals surface area (Å²) in [5.74, 6) is 0.346. The molecular formula is C26H25N3O4S. The van der Waals surface area contributed by atoms with Crippen LogP contribution in [-0.4, -0.2) is 22.7 Å². The van der Waals surface area contributed by atoms with Gasteiger partial charge in [0.1, 0.15) is 16.3 Å². The topological polar surface area (TPSA) is 85.5 Å². The predicted octanol–water partition coefficient (Wildman–Crippen LogP) is 5.36. The molecule has 0 fully saturated rings. The van der Waals surface area contributed by atoms with Crippen LogP contribution in [0.4, 0.5) is 5.13 Å². The summed E-state index contributed by atoms with van der Waals surface area (Å²) in [5, 5.41) is 10.2. The molecule has 1 aliphatic heterocycles. The highest BCUT2D eigenvalue weighted by Crippen LogP contribution is 2.43. The number of fused-ring (bicyclic) bond motifs is 2. The zero-order valence-corrected chi connectivity index (χ0v) is 20.4. The summed E-state index contributed by atoms with van der Waals surface area (Å²) in [4.78, 5) is 29.0. The lowest BCUT2D eigenvalue weighted by atomic mass is 9.97.